The number of ketones is 1. The molecule has 0 aromatic heterocycles. The lowest BCUT2D eigenvalue weighted by Crippen LogP contribution is -2.68. The summed E-state index contributed by atoms with van der Waals surface area (Å²) in [6.45, 7) is 4.37. The smallest absolute Gasteiger partial charge is 0.159 e. The van der Waals surface area contributed by atoms with E-state index < -0.39 is 8.07 Å². The van der Waals surface area contributed by atoms with Crippen LogP contribution in [0.2, 0.25) is 5.54 Å². The van der Waals surface area contributed by atoms with Gasteiger partial charge in [0.25, 0.3) is 0 Å². The first-order chi connectivity index (χ1) is 12.7. The molecule has 0 amide bonds. The molecule has 0 bridgehead atoms. The van der Waals surface area contributed by atoms with Crippen LogP contribution in [0.15, 0.2) is 91.0 Å². The standard InChI is InChI=1S/C24H24OSi/c1-18(2)22-23(25)24(22)26(19-12-6-3-7-13-19,20-14-8-4-9-15-20)21-16-10-5-11-17-21/h3-18,22,24H,1-2H3. The zero-order valence-electron chi connectivity index (χ0n) is 15.3. The summed E-state index contributed by atoms with van der Waals surface area (Å²) < 4.78 is 0. The van der Waals surface area contributed by atoms with Gasteiger partial charge in [0.15, 0.2) is 8.07 Å². The fraction of sp³-hybridized carbons (Fsp3) is 0.208. The normalized spacial score (nSPS) is 19.6. The molecule has 2 unspecified atom stereocenters. The predicted octanol–water partition coefficient (Wildman–Crippen LogP) is 3.38. The third-order valence-corrected chi connectivity index (χ3v) is 11.1. The van der Waals surface area contributed by atoms with Crippen LogP contribution in [0.1, 0.15) is 13.8 Å². The minimum atomic E-state index is -2.43. The molecule has 2 heteroatoms. The molecule has 0 aliphatic heterocycles. The van der Waals surface area contributed by atoms with Crippen molar-refractivity contribution < 1.29 is 4.79 Å². The Kier molecular flexibility index (Phi) is 4.37. The molecule has 3 aromatic carbocycles. The van der Waals surface area contributed by atoms with E-state index in [9.17, 15) is 4.79 Å². The quantitative estimate of drug-likeness (QED) is 0.506. The Balaban J connectivity index is 2.04. The Labute approximate surface area is 156 Å². The fourth-order valence-corrected chi connectivity index (χ4v) is 10.4. The molecule has 1 aliphatic carbocycles. The number of carbonyl (C=O) groups excluding carboxylic acids is 1. The highest BCUT2D eigenvalue weighted by Gasteiger charge is 2.64. The van der Waals surface area contributed by atoms with Crippen molar-refractivity contribution in [3.8, 4) is 0 Å². The van der Waals surface area contributed by atoms with Crippen molar-refractivity contribution in [2.75, 3.05) is 0 Å². The first-order valence-electron chi connectivity index (χ1n) is 9.37. The second-order valence-corrected chi connectivity index (χ2v) is 11.5. The first-order valence-corrected chi connectivity index (χ1v) is 11.5. The van der Waals surface area contributed by atoms with Crippen LogP contribution in [0.5, 0.6) is 0 Å². The van der Waals surface area contributed by atoms with Gasteiger partial charge in [-0.1, -0.05) is 105 Å². The largest absolute Gasteiger partial charge is 0.299 e. The maximum absolute atomic E-state index is 13.1. The second kappa shape index (κ2) is 6.69. The van der Waals surface area contributed by atoms with E-state index in [-0.39, 0.29) is 11.5 Å². The molecule has 2 atom stereocenters. The average molecular weight is 357 g/mol. The molecule has 0 heterocycles. The molecule has 0 spiro atoms. The van der Waals surface area contributed by atoms with E-state index >= 15 is 0 Å². The van der Waals surface area contributed by atoms with Crippen molar-refractivity contribution in [3.05, 3.63) is 91.0 Å². The summed E-state index contributed by atoms with van der Waals surface area (Å²) in [5.41, 5.74) is 0.120. The Morgan fingerprint density at radius 3 is 1.27 bits per heavy atom. The number of carbonyl (C=O) groups is 1. The zero-order valence-corrected chi connectivity index (χ0v) is 16.3. The van der Waals surface area contributed by atoms with E-state index in [1.54, 1.807) is 0 Å². The number of rotatable bonds is 5. The summed E-state index contributed by atoms with van der Waals surface area (Å²) in [6, 6.07) is 32.2. The fourth-order valence-electron chi connectivity index (χ4n) is 4.60. The molecular weight excluding hydrogens is 332 g/mol. The van der Waals surface area contributed by atoms with Gasteiger partial charge in [-0.3, -0.25) is 4.79 Å². The van der Waals surface area contributed by atoms with Crippen LogP contribution in [0.3, 0.4) is 0 Å². The molecule has 1 nitrogen and oxygen atoms in total. The number of benzene rings is 3. The van der Waals surface area contributed by atoms with E-state index in [1.165, 1.54) is 15.6 Å². The van der Waals surface area contributed by atoms with Gasteiger partial charge >= 0.3 is 0 Å². The molecule has 4 rings (SSSR count). The number of Topliss-reactive ketones (excluding diaryl/α,β-unsaturated/α-hetero) is 1. The molecule has 0 N–H and O–H groups in total. The topological polar surface area (TPSA) is 17.1 Å². The molecule has 1 fully saturated rings. The average Bonchev–Trinajstić information content (AvgIpc) is 3.37. The molecule has 1 saturated carbocycles. The Morgan fingerprint density at radius 1 is 0.654 bits per heavy atom. The highest BCUT2D eigenvalue weighted by molar-refractivity contribution is 7.15. The van der Waals surface area contributed by atoms with Gasteiger partial charge in [0.2, 0.25) is 0 Å². The van der Waals surface area contributed by atoms with Gasteiger partial charge in [0.05, 0.1) is 0 Å². The lowest BCUT2D eigenvalue weighted by atomic mass is 10.1. The van der Waals surface area contributed by atoms with Crippen molar-refractivity contribution >= 4 is 29.4 Å². The van der Waals surface area contributed by atoms with Crippen molar-refractivity contribution in [1.82, 2.24) is 0 Å². The zero-order chi connectivity index (χ0) is 18.1. The molecule has 130 valence electrons. The van der Waals surface area contributed by atoms with Crippen LogP contribution in [0, 0.1) is 11.8 Å². The van der Waals surface area contributed by atoms with Crippen molar-refractivity contribution in [3.63, 3.8) is 0 Å². The summed E-state index contributed by atoms with van der Waals surface area (Å²) in [7, 11) is -2.43. The van der Waals surface area contributed by atoms with Crippen LogP contribution in [-0.2, 0) is 4.79 Å². The number of hydrogen-bond donors (Lipinski definition) is 0. The van der Waals surface area contributed by atoms with Gasteiger partial charge in [-0.25, -0.2) is 0 Å². The van der Waals surface area contributed by atoms with Crippen molar-refractivity contribution in [2.24, 2.45) is 11.8 Å². The predicted molar refractivity (Wildman–Crippen MR) is 111 cm³/mol. The maximum Gasteiger partial charge on any atom is 0.159 e. The number of hydrogen-bond acceptors (Lipinski definition) is 1. The van der Waals surface area contributed by atoms with Gasteiger partial charge in [-0.15, -0.1) is 0 Å². The highest BCUT2D eigenvalue weighted by atomic mass is 28.3. The van der Waals surface area contributed by atoms with Gasteiger partial charge in [0, 0.05) is 11.5 Å². The van der Waals surface area contributed by atoms with E-state index in [1.807, 2.05) is 0 Å². The van der Waals surface area contributed by atoms with Crippen LogP contribution < -0.4 is 15.6 Å². The van der Waals surface area contributed by atoms with E-state index in [0.717, 1.165) is 0 Å². The molecule has 26 heavy (non-hydrogen) atoms. The maximum atomic E-state index is 13.1. The van der Waals surface area contributed by atoms with Crippen LogP contribution in [0.25, 0.3) is 0 Å². The lowest BCUT2D eigenvalue weighted by Gasteiger charge is -2.34. The Hall–Kier alpha value is -2.45. The molecular formula is C24H24OSi. The van der Waals surface area contributed by atoms with Gasteiger partial charge in [-0.05, 0) is 21.5 Å². The van der Waals surface area contributed by atoms with Crippen LogP contribution in [-0.4, -0.2) is 13.9 Å². The monoisotopic (exact) mass is 356 g/mol. The molecule has 0 radical (unpaired) electrons. The Bertz CT molecular complexity index is 791. The highest BCUT2D eigenvalue weighted by Crippen LogP contribution is 2.51. The van der Waals surface area contributed by atoms with Crippen LogP contribution >= 0.6 is 0 Å². The van der Waals surface area contributed by atoms with Crippen LogP contribution in [0.4, 0.5) is 0 Å². The summed E-state index contributed by atoms with van der Waals surface area (Å²) in [6.07, 6.45) is 0. The van der Waals surface area contributed by atoms with E-state index in [4.69, 9.17) is 0 Å². The SMILES string of the molecule is CC(C)C1C(=O)C1[Si](c1ccccc1)(c1ccccc1)c1ccccc1. The van der Waals surface area contributed by atoms with Gasteiger partial charge in [-0.2, -0.15) is 0 Å². The third kappa shape index (κ3) is 2.57. The summed E-state index contributed by atoms with van der Waals surface area (Å²) in [4.78, 5) is 13.1. The van der Waals surface area contributed by atoms with Crippen molar-refractivity contribution in [2.45, 2.75) is 19.4 Å². The van der Waals surface area contributed by atoms with Gasteiger partial charge < -0.3 is 0 Å². The minimum absolute atomic E-state index is 0.120. The third-order valence-electron chi connectivity index (χ3n) is 5.76. The summed E-state index contributed by atoms with van der Waals surface area (Å²) in [5, 5.41) is 4.00. The molecule has 1 aliphatic rings. The Morgan fingerprint density at radius 2 is 1.00 bits per heavy atom. The second-order valence-electron chi connectivity index (χ2n) is 7.56. The first kappa shape index (κ1) is 17.0. The summed E-state index contributed by atoms with van der Waals surface area (Å²) in [5.74, 6) is 1.00. The summed E-state index contributed by atoms with van der Waals surface area (Å²) >= 11 is 0. The van der Waals surface area contributed by atoms with E-state index in [2.05, 4.69) is 105 Å². The molecule has 0 saturated heterocycles. The minimum Gasteiger partial charge on any atom is -0.299 e. The van der Waals surface area contributed by atoms with E-state index in [0.29, 0.717) is 11.7 Å². The van der Waals surface area contributed by atoms with Gasteiger partial charge in [0.1, 0.15) is 5.78 Å². The van der Waals surface area contributed by atoms with Crippen molar-refractivity contribution in [1.29, 1.82) is 0 Å². The molecule has 3 aromatic rings. The lowest BCUT2D eigenvalue weighted by molar-refractivity contribution is -0.111.